The molecule has 2 saturated heterocycles. The fourth-order valence-electron chi connectivity index (χ4n) is 6.61. The molecule has 3 N–H and O–H groups in total. The molecule has 0 radical (unpaired) electrons. The maximum atomic E-state index is 13.5. The molecule has 2 heterocycles. The van der Waals surface area contributed by atoms with Crippen LogP contribution in [0.5, 0.6) is 0 Å². The summed E-state index contributed by atoms with van der Waals surface area (Å²) in [5, 5.41) is 0.707. The molecule has 6 nitrogen and oxygen atoms in total. The number of carbonyl (C=O) groups is 2. The van der Waals surface area contributed by atoms with Crippen molar-refractivity contribution >= 4 is 46.9 Å². The smallest absolute Gasteiger partial charge is 0.369 e. The van der Waals surface area contributed by atoms with Crippen LogP contribution in [-0.2, 0) is 33.8 Å². The molecule has 262 valence electrons. The third-order valence-electron chi connectivity index (χ3n) is 9.61. The number of carbonyl (C=O) groups excluding carboxylic acids is 2. The standard InChI is InChI=1S/C32H37Cl2F6N3O2.ClHO/c1-29(2,28(41)45)21-6-11-42(12-7-21)13-9-30(22-4-5-25(33)26(34)18-22)8-3-10-43(19-30)27(44)16-20-14-23(31(35,36)37)17-24(15-20)32(38,39)40;1-2/h4-5,14-15,17-18,21H,3,6-13,16,19H2,1-2H3,(H2,41,45);2H. The summed E-state index contributed by atoms with van der Waals surface area (Å²) < 4.78 is 87.0. The van der Waals surface area contributed by atoms with Gasteiger partial charge in [0.1, 0.15) is 0 Å². The Morgan fingerprint density at radius 3 is 2.00 bits per heavy atom. The second kappa shape index (κ2) is 15.5. The van der Waals surface area contributed by atoms with E-state index in [1.807, 2.05) is 19.9 Å². The van der Waals surface area contributed by atoms with Crippen LogP contribution < -0.4 is 5.73 Å². The highest BCUT2D eigenvalue weighted by atomic mass is 35.5. The van der Waals surface area contributed by atoms with Gasteiger partial charge in [0, 0.05) is 23.9 Å². The zero-order valence-corrected chi connectivity index (χ0v) is 28.2. The molecule has 0 aliphatic carbocycles. The van der Waals surface area contributed by atoms with Gasteiger partial charge in [-0.05, 0) is 99.1 Å². The van der Waals surface area contributed by atoms with Gasteiger partial charge in [-0.1, -0.05) is 43.1 Å². The summed E-state index contributed by atoms with van der Waals surface area (Å²) in [5.41, 5.74) is 2.05. The average Bonchev–Trinajstić information content (AvgIpc) is 3.01. The van der Waals surface area contributed by atoms with Crippen molar-refractivity contribution in [2.45, 2.75) is 70.1 Å². The Morgan fingerprint density at radius 2 is 1.49 bits per heavy atom. The highest BCUT2D eigenvalue weighted by molar-refractivity contribution is 6.42. The van der Waals surface area contributed by atoms with Crippen molar-refractivity contribution in [2.75, 3.05) is 32.7 Å². The maximum absolute atomic E-state index is 13.5. The van der Waals surface area contributed by atoms with Crippen molar-refractivity contribution in [2.24, 2.45) is 17.1 Å². The lowest BCUT2D eigenvalue weighted by molar-refractivity contribution is -0.143. The van der Waals surface area contributed by atoms with Crippen LogP contribution in [0.4, 0.5) is 26.3 Å². The lowest BCUT2D eigenvalue weighted by Gasteiger charge is -2.45. The fraction of sp³-hybridized carbons (Fsp3) is 0.562. The molecule has 2 aromatic rings. The van der Waals surface area contributed by atoms with E-state index < -0.39 is 46.6 Å². The molecule has 0 aromatic heterocycles. The van der Waals surface area contributed by atoms with Gasteiger partial charge >= 0.3 is 12.4 Å². The number of likely N-dealkylation sites (tertiary alicyclic amines) is 2. The largest absolute Gasteiger partial charge is 0.416 e. The number of primary amides is 1. The van der Waals surface area contributed by atoms with Gasteiger partial charge in [0.25, 0.3) is 0 Å². The van der Waals surface area contributed by atoms with Crippen molar-refractivity contribution in [3.8, 4) is 0 Å². The number of nitrogens with two attached hydrogens (primary N) is 1. The van der Waals surface area contributed by atoms with E-state index in [1.54, 1.807) is 12.1 Å². The molecule has 2 aromatic carbocycles. The van der Waals surface area contributed by atoms with Crippen LogP contribution in [0.25, 0.3) is 0 Å². The second-order valence-electron chi connectivity index (χ2n) is 12.9. The van der Waals surface area contributed by atoms with Crippen LogP contribution in [0, 0.1) is 11.3 Å². The molecule has 2 fully saturated rings. The van der Waals surface area contributed by atoms with Gasteiger partial charge in [-0.2, -0.15) is 26.3 Å². The van der Waals surface area contributed by atoms with Crippen molar-refractivity contribution in [1.82, 2.24) is 9.80 Å². The number of hydrogen-bond acceptors (Lipinski definition) is 4. The van der Waals surface area contributed by atoms with E-state index in [-0.39, 0.29) is 30.0 Å². The second-order valence-corrected chi connectivity index (χ2v) is 13.7. The van der Waals surface area contributed by atoms with Crippen molar-refractivity contribution in [3.63, 3.8) is 0 Å². The van der Waals surface area contributed by atoms with Crippen LogP contribution in [0.1, 0.15) is 68.2 Å². The van der Waals surface area contributed by atoms with Gasteiger partial charge < -0.3 is 15.5 Å². The quantitative estimate of drug-likeness (QED) is 0.271. The Labute approximate surface area is 285 Å². The monoisotopic (exact) mass is 731 g/mol. The van der Waals surface area contributed by atoms with E-state index in [1.165, 1.54) is 4.90 Å². The normalized spacial score (nSPS) is 20.0. The summed E-state index contributed by atoms with van der Waals surface area (Å²) in [4.78, 5) is 29.3. The number of benzene rings is 2. The number of rotatable bonds is 8. The Morgan fingerprint density at radius 1 is 0.915 bits per heavy atom. The van der Waals surface area contributed by atoms with Crippen LogP contribution in [0.15, 0.2) is 36.4 Å². The Kier molecular flexibility index (Phi) is 13.0. The number of hydrogen-bond donors (Lipinski definition) is 2. The molecule has 1 atom stereocenters. The molecule has 4 rings (SSSR count). The fourth-order valence-corrected chi connectivity index (χ4v) is 6.91. The SMILES string of the molecule is CC(C)(C(N)=O)C1CCN(CCC2(c3ccc(Cl)c(Cl)c3)CCCN(C(=O)Cc3cc(C(F)(F)F)cc(C(F)(F)F)c3)C2)CC1.OCl. The van der Waals surface area contributed by atoms with E-state index >= 15 is 0 Å². The summed E-state index contributed by atoms with van der Waals surface area (Å²) >= 11 is 16.2. The molecular weight excluding hydrogens is 695 g/mol. The summed E-state index contributed by atoms with van der Waals surface area (Å²) in [6.45, 7) is 6.48. The van der Waals surface area contributed by atoms with E-state index in [2.05, 4.69) is 16.8 Å². The van der Waals surface area contributed by atoms with Gasteiger partial charge in [0.05, 0.1) is 39.5 Å². The minimum absolute atomic E-state index is 0.0574. The minimum atomic E-state index is -5.00. The maximum Gasteiger partial charge on any atom is 0.416 e. The first-order chi connectivity index (χ1) is 21.8. The minimum Gasteiger partial charge on any atom is -0.369 e. The third kappa shape index (κ3) is 9.68. The van der Waals surface area contributed by atoms with Gasteiger partial charge in [-0.15, -0.1) is 0 Å². The van der Waals surface area contributed by atoms with Crippen molar-refractivity contribution in [1.29, 1.82) is 0 Å². The highest BCUT2D eigenvalue weighted by Crippen LogP contribution is 2.42. The lowest BCUT2D eigenvalue weighted by atomic mass is 9.71. The summed E-state index contributed by atoms with van der Waals surface area (Å²) in [6, 6.07) is 6.56. The van der Waals surface area contributed by atoms with E-state index in [4.69, 9.17) is 33.6 Å². The predicted molar refractivity (Wildman–Crippen MR) is 169 cm³/mol. The molecule has 1 unspecified atom stereocenters. The Balaban J connectivity index is 0.00000294. The molecule has 2 amide bonds. The summed E-state index contributed by atoms with van der Waals surface area (Å²) in [5.74, 6) is -0.723. The number of alkyl halides is 6. The zero-order valence-electron chi connectivity index (χ0n) is 26.0. The molecule has 47 heavy (non-hydrogen) atoms. The van der Waals surface area contributed by atoms with Crippen molar-refractivity contribution in [3.05, 3.63) is 68.7 Å². The topological polar surface area (TPSA) is 86.9 Å². The van der Waals surface area contributed by atoms with Crippen molar-refractivity contribution < 1.29 is 40.6 Å². The van der Waals surface area contributed by atoms with Gasteiger partial charge in [0.15, 0.2) is 0 Å². The van der Waals surface area contributed by atoms with Crippen LogP contribution in [0.3, 0.4) is 0 Å². The highest BCUT2D eigenvalue weighted by Gasteiger charge is 2.42. The van der Waals surface area contributed by atoms with Crippen LogP contribution >= 0.6 is 35.1 Å². The van der Waals surface area contributed by atoms with Crippen LogP contribution in [0.2, 0.25) is 10.0 Å². The summed E-state index contributed by atoms with van der Waals surface area (Å²) in [6.07, 6.45) is -7.10. The Bertz CT molecular complexity index is 1380. The van der Waals surface area contributed by atoms with E-state index in [9.17, 15) is 35.9 Å². The number of halogens is 9. The first kappa shape index (κ1) is 39.2. The third-order valence-corrected chi connectivity index (χ3v) is 10.4. The molecule has 2 aliphatic rings. The molecule has 15 heteroatoms. The number of nitrogens with zero attached hydrogens (tertiary/aromatic N) is 2. The predicted octanol–water partition coefficient (Wildman–Crippen LogP) is 7.88. The zero-order chi connectivity index (χ0) is 35.4. The molecular formula is C32H38Cl3F6N3O3. The summed E-state index contributed by atoms with van der Waals surface area (Å²) in [7, 11) is 0. The van der Waals surface area contributed by atoms with Gasteiger partial charge in [-0.3, -0.25) is 14.2 Å². The molecule has 0 spiro atoms. The first-order valence-electron chi connectivity index (χ1n) is 15.0. The molecule has 2 aliphatic heterocycles. The Hall–Kier alpha value is -2.25. The molecule has 0 saturated carbocycles. The number of amides is 2. The van der Waals surface area contributed by atoms with Gasteiger partial charge in [0.2, 0.25) is 11.8 Å². The first-order valence-corrected chi connectivity index (χ1v) is 16.1. The van der Waals surface area contributed by atoms with Crippen LogP contribution in [-0.4, -0.2) is 59.0 Å². The lowest BCUT2D eigenvalue weighted by Crippen LogP contribution is -2.51. The molecule has 0 bridgehead atoms. The number of piperidine rings is 2. The average molecular weight is 733 g/mol. The van der Waals surface area contributed by atoms with E-state index in [0.717, 1.165) is 31.5 Å². The van der Waals surface area contributed by atoms with E-state index in [0.29, 0.717) is 54.5 Å². The van der Waals surface area contributed by atoms with Gasteiger partial charge in [-0.25, -0.2) is 0 Å².